The van der Waals surface area contributed by atoms with Crippen LogP contribution in [0.15, 0.2) is 36.2 Å². The van der Waals surface area contributed by atoms with Crippen LogP contribution in [0.2, 0.25) is 5.02 Å². The van der Waals surface area contributed by atoms with E-state index >= 15 is 0 Å². The molecular weight excluding hydrogens is 252 g/mol. The molecule has 2 N–H and O–H groups in total. The third kappa shape index (κ3) is 2.87. The molecule has 1 aromatic heterocycles. The highest BCUT2D eigenvalue weighted by atomic mass is 35.5. The summed E-state index contributed by atoms with van der Waals surface area (Å²) in [6.07, 6.45) is 1.83. The fraction of sp³-hybridized carbons (Fsp3) is 0.154. The Labute approximate surface area is 110 Å². The highest BCUT2D eigenvalue weighted by molar-refractivity contribution is 7.13. The average Bonchev–Trinajstić information content (AvgIpc) is 2.79. The molecule has 88 valence electrons. The Morgan fingerprint density at radius 2 is 2.35 bits per heavy atom. The van der Waals surface area contributed by atoms with Gasteiger partial charge < -0.3 is 0 Å². The van der Waals surface area contributed by atoms with Gasteiger partial charge in [-0.05, 0) is 30.7 Å². The molecular formula is C13H14ClN2S+. The van der Waals surface area contributed by atoms with Crippen molar-refractivity contribution >= 4 is 28.1 Å². The maximum Gasteiger partial charge on any atom is 0.332 e. The largest absolute Gasteiger partial charge is 0.332 e. The molecule has 1 heterocycles. The SMILES string of the molecule is C=CCNc1[nH+]c(-c2ccc(Cl)c(C)c2)cs1. The van der Waals surface area contributed by atoms with Crippen molar-refractivity contribution in [2.45, 2.75) is 6.92 Å². The summed E-state index contributed by atoms with van der Waals surface area (Å²) in [6.45, 7) is 6.44. The molecule has 4 heteroatoms. The van der Waals surface area contributed by atoms with Gasteiger partial charge in [-0.2, -0.15) is 0 Å². The monoisotopic (exact) mass is 265 g/mol. The van der Waals surface area contributed by atoms with Gasteiger partial charge in [0.05, 0.1) is 0 Å². The van der Waals surface area contributed by atoms with Crippen molar-refractivity contribution in [1.29, 1.82) is 0 Å². The van der Waals surface area contributed by atoms with E-state index in [-0.39, 0.29) is 0 Å². The second kappa shape index (κ2) is 5.34. The highest BCUT2D eigenvalue weighted by Gasteiger charge is 2.09. The lowest BCUT2D eigenvalue weighted by molar-refractivity contribution is -0.341. The molecule has 0 atom stereocenters. The first-order valence-corrected chi connectivity index (χ1v) is 6.58. The number of halogens is 1. The summed E-state index contributed by atoms with van der Waals surface area (Å²) in [5.74, 6) is 0. The molecule has 0 aliphatic carbocycles. The van der Waals surface area contributed by atoms with Crippen LogP contribution in [0.4, 0.5) is 5.13 Å². The molecule has 1 aromatic carbocycles. The minimum absolute atomic E-state index is 0.760. The van der Waals surface area contributed by atoms with Gasteiger partial charge >= 0.3 is 5.13 Å². The van der Waals surface area contributed by atoms with Crippen molar-refractivity contribution in [2.24, 2.45) is 0 Å². The minimum atomic E-state index is 0.760. The summed E-state index contributed by atoms with van der Waals surface area (Å²) >= 11 is 7.66. The Morgan fingerprint density at radius 1 is 1.53 bits per heavy atom. The summed E-state index contributed by atoms with van der Waals surface area (Å²) < 4.78 is 0. The van der Waals surface area contributed by atoms with E-state index in [0.717, 1.165) is 33.5 Å². The number of aromatic nitrogens is 1. The molecule has 0 aliphatic rings. The van der Waals surface area contributed by atoms with Crippen LogP contribution < -0.4 is 10.3 Å². The van der Waals surface area contributed by atoms with Gasteiger partial charge in [-0.1, -0.05) is 35.6 Å². The number of rotatable bonds is 4. The zero-order valence-electron chi connectivity index (χ0n) is 9.59. The van der Waals surface area contributed by atoms with Crippen molar-refractivity contribution in [1.82, 2.24) is 0 Å². The van der Waals surface area contributed by atoms with E-state index in [0.29, 0.717) is 0 Å². The van der Waals surface area contributed by atoms with Crippen LogP contribution in [-0.2, 0) is 0 Å². The summed E-state index contributed by atoms with van der Waals surface area (Å²) in [6, 6.07) is 6.03. The van der Waals surface area contributed by atoms with Crippen molar-refractivity contribution in [3.8, 4) is 11.3 Å². The van der Waals surface area contributed by atoms with Crippen molar-refractivity contribution in [2.75, 3.05) is 11.9 Å². The van der Waals surface area contributed by atoms with E-state index in [2.05, 4.69) is 28.3 Å². The van der Waals surface area contributed by atoms with Gasteiger partial charge in [0.2, 0.25) is 0 Å². The Morgan fingerprint density at radius 3 is 3.06 bits per heavy atom. The van der Waals surface area contributed by atoms with Crippen LogP contribution in [0.3, 0.4) is 0 Å². The second-order valence-electron chi connectivity index (χ2n) is 3.74. The van der Waals surface area contributed by atoms with E-state index in [1.807, 2.05) is 25.1 Å². The van der Waals surface area contributed by atoms with E-state index in [9.17, 15) is 0 Å². The van der Waals surface area contributed by atoms with Crippen LogP contribution in [-0.4, -0.2) is 6.54 Å². The zero-order chi connectivity index (χ0) is 12.3. The summed E-state index contributed by atoms with van der Waals surface area (Å²) in [5, 5.41) is 7.16. The number of H-pyrrole nitrogens is 1. The summed E-state index contributed by atoms with van der Waals surface area (Å²) in [4.78, 5) is 3.33. The van der Waals surface area contributed by atoms with Gasteiger partial charge in [-0.3, -0.25) is 5.32 Å². The topological polar surface area (TPSA) is 26.2 Å². The first-order chi connectivity index (χ1) is 8.20. The number of nitrogens with one attached hydrogen (secondary N) is 2. The lowest BCUT2D eigenvalue weighted by Gasteiger charge is -1.99. The van der Waals surface area contributed by atoms with E-state index in [1.165, 1.54) is 0 Å². The second-order valence-corrected chi connectivity index (χ2v) is 5.02. The predicted octanol–water partition coefficient (Wildman–Crippen LogP) is 3.79. The fourth-order valence-electron chi connectivity index (χ4n) is 1.50. The smallest absolute Gasteiger partial charge is 0.262 e. The molecule has 0 saturated heterocycles. The van der Waals surface area contributed by atoms with Crippen LogP contribution in [0, 0.1) is 6.92 Å². The minimum Gasteiger partial charge on any atom is -0.262 e. The van der Waals surface area contributed by atoms with Crippen LogP contribution in [0.5, 0.6) is 0 Å². The molecule has 0 amide bonds. The van der Waals surface area contributed by atoms with E-state index in [1.54, 1.807) is 11.3 Å². The number of hydrogen-bond donors (Lipinski definition) is 1. The van der Waals surface area contributed by atoms with Gasteiger partial charge in [-0.25, -0.2) is 4.98 Å². The maximum atomic E-state index is 6.01. The Hall–Kier alpha value is -1.32. The fourth-order valence-corrected chi connectivity index (χ4v) is 2.39. The number of benzene rings is 1. The molecule has 2 aromatic rings. The molecule has 0 unspecified atom stereocenters. The van der Waals surface area contributed by atoms with Gasteiger partial charge in [0.1, 0.15) is 12.2 Å². The highest BCUT2D eigenvalue weighted by Crippen LogP contribution is 2.24. The average molecular weight is 266 g/mol. The summed E-state index contributed by atoms with van der Waals surface area (Å²) in [7, 11) is 0. The van der Waals surface area contributed by atoms with Crippen molar-refractivity contribution in [3.63, 3.8) is 0 Å². The molecule has 0 saturated carbocycles. The molecule has 0 aliphatic heterocycles. The molecule has 0 spiro atoms. The Balaban J connectivity index is 2.24. The standard InChI is InChI=1S/C13H13ClN2S/c1-3-6-15-13-16-12(8-17-13)10-4-5-11(14)9(2)7-10/h3-5,7-8H,1,6H2,2H3,(H,15,16)/p+1. The molecule has 2 rings (SSSR count). The third-order valence-electron chi connectivity index (χ3n) is 2.42. The number of aryl methyl sites for hydroxylation is 1. The lowest BCUT2D eigenvalue weighted by Crippen LogP contribution is -2.10. The van der Waals surface area contributed by atoms with E-state index < -0.39 is 0 Å². The van der Waals surface area contributed by atoms with Gasteiger partial charge in [0.15, 0.2) is 0 Å². The molecule has 0 bridgehead atoms. The first kappa shape index (κ1) is 12.1. The predicted molar refractivity (Wildman–Crippen MR) is 74.7 cm³/mol. The lowest BCUT2D eigenvalue weighted by atomic mass is 10.1. The summed E-state index contributed by atoms with van der Waals surface area (Å²) in [5.41, 5.74) is 3.33. The molecule has 17 heavy (non-hydrogen) atoms. The van der Waals surface area contributed by atoms with Gasteiger partial charge in [0, 0.05) is 16.0 Å². The Bertz CT molecular complexity index is 534. The first-order valence-electron chi connectivity index (χ1n) is 5.33. The number of anilines is 1. The molecule has 2 nitrogen and oxygen atoms in total. The van der Waals surface area contributed by atoms with Crippen LogP contribution in [0.1, 0.15) is 5.56 Å². The third-order valence-corrected chi connectivity index (χ3v) is 3.68. The number of thiazole rings is 1. The zero-order valence-corrected chi connectivity index (χ0v) is 11.2. The van der Waals surface area contributed by atoms with Crippen LogP contribution in [0.25, 0.3) is 11.3 Å². The maximum absolute atomic E-state index is 6.01. The van der Waals surface area contributed by atoms with Crippen molar-refractivity contribution < 1.29 is 4.98 Å². The van der Waals surface area contributed by atoms with Gasteiger partial charge in [-0.15, -0.1) is 0 Å². The van der Waals surface area contributed by atoms with Crippen molar-refractivity contribution in [3.05, 3.63) is 46.8 Å². The molecule has 0 radical (unpaired) electrons. The number of hydrogen-bond acceptors (Lipinski definition) is 2. The van der Waals surface area contributed by atoms with Gasteiger partial charge in [0.25, 0.3) is 0 Å². The van der Waals surface area contributed by atoms with E-state index in [4.69, 9.17) is 11.6 Å². The normalized spacial score (nSPS) is 10.2. The number of aromatic amines is 1. The van der Waals surface area contributed by atoms with Crippen LogP contribution >= 0.6 is 22.9 Å². The molecule has 0 fully saturated rings. The Kier molecular flexibility index (Phi) is 3.82. The quantitative estimate of drug-likeness (QED) is 0.837.